The standard InChI is InChI=1S/C14H23N/c1-2-3-7-4-8-11(5-7)14(15)13-10-6-9(10)12(8)13/h7-14H,2-6,15H2,1H3. The van der Waals surface area contributed by atoms with Gasteiger partial charge in [-0.25, -0.2) is 0 Å². The van der Waals surface area contributed by atoms with Crippen molar-refractivity contribution in [3.8, 4) is 0 Å². The third kappa shape index (κ3) is 0.988. The smallest absolute Gasteiger partial charge is 0.0104 e. The van der Waals surface area contributed by atoms with Gasteiger partial charge in [-0.3, -0.25) is 0 Å². The molecule has 0 amide bonds. The Morgan fingerprint density at radius 1 is 0.933 bits per heavy atom. The van der Waals surface area contributed by atoms with Crippen molar-refractivity contribution in [2.45, 2.75) is 45.1 Å². The zero-order valence-electron chi connectivity index (χ0n) is 9.73. The summed E-state index contributed by atoms with van der Waals surface area (Å²) in [6, 6.07) is 0.602. The van der Waals surface area contributed by atoms with Crippen LogP contribution in [0, 0.1) is 41.4 Å². The van der Waals surface area contributed by atoms with Gasteiger partial charge < -0.3 is 5.73 Å². The number of rotatable bonds is 2. The molecule has 0 radical (unpaired) electrons. The van der Waals surface area contributed by atoms with Gasteiger partial charge in [0.25, 0.3) is 0 Å². The van der Waals surface area contributed by atoms with Gasteiger partial charge in [0.1, 0.15) is 0 Å². The van der Waals surface area contributed by atoms with Crippen molar-refractivity contribution in [1.82, 2.24) is 0 Å². The van der Waals surface area contributed by atoms with Crippen LogP contribution in [0.4, 0.5) is 0 Å². The Morgan fingerprint density at radius 2 is 1.60 bits per heavy atom. The van der Waals surface area contributed by atoms with Crippen LogP contribution in [0.3, 0.4) is 0 Å². The highest BCUT2D eigenvalue weighted by atomic mass is 14.9. The second-order valence-electron chi connectivity index (χ2n) is 6.75. The molecule has 4 rings (SSSR count). The van der Waals surface area contributed by atoms with Gasteiger partial charge in [-0.1, -0.05) is 19.8 Å². The first-order valence-electron chi connectivity index (χ1n) is 7.06. The van der Waals surface area contributed by atoms with E-state index in [-0.39, 0.29) is 0 Å². The molecule has 4 saturated carbocycles. The molecule has 8 atom stereocenters. The first-order valence-corrected chi connectivity index (χ1v) is 7.06. The lowest BCUT2D eigenvalue weighted by atomic mass is 9.70. The van der Waals surface area contributed by atoms with Gasteiger partial charge in [-0.2, -0.15) is 0 Å². The lowest BCUT2D eigenvalue weighted by Gasteiger charge is -2.35. The van der Waals surface area contributed by atoms with E-state index in [2.05, 4.69) is 6.92 Å². The van der Waals surface area contributed by atoms with Crippen molar-refractivity contribution >= 4 is 0 Å². The molecule has 8 unspecified atom stereocenters. The molecule has 4 fully saturated rings. The van der Waals surface area contributed by atoms with Crippen LogP contribution >= 0.6 is 0 Å². The molecule has 4 aliphatic carbocycles. The van der Waals surface area contributed by atoms with Crippen LogP contribution in [0.1, 0.15) is 39.0 Å². The van der Waals surface area contributed by atoms with E-state index in [0.717, 1.165) is 41.4 Å². The lowest BCUT2D eigenvalue weighted by molar-refractivity contribution is 0.133. The Bertz CT molecular complexity index is 287. The summed E-state index contributed by atoms with van der Waals surface area (Å²) in [6.45, 7) is 2.33. The third-order valence-corrected chi connectivity index (χ3v) is 6.22. The summed E-state index contributed by atoms with van der Waals surface area (Å²) in [4.78, 5) is 0. The summed E-state index contributed by atoms with van der Waals surface area (Å²) in [5.41, 5.74) is 6.48. The number of hydrogen-bond acceptors (Lipinski definition) is 1. The van der Waals surface area contributed by atoms with Crippen LogP contribution in [0.25, 0.3) is 0 Å². The van der Waals surface area contributed by atoms with E-state index in [1.54, 1.807) is 6.42 Å². The first-order chi connectivity index (χ1) is 7.31. The molecule has 0 aliphatic heterocycles. The predicted octanol–water partition coefficient (Wildman–Crippen LogP) is 2.65. The van der Waals surface area contributed by atoms with E-state index < -0.39 is 0 Å². The van der Waals surface area contributed by atoms with Gasteiger partial charge in [0.2, 0.25) is 0 Å². The molecular formula is C14H23N. The monoisotopic (exact) mass is 205 g/mol. The molecule has 0 bridgehead atoms. The number of hydrogen-bond donors (Lipinski definition) is 1. The van der Waals surface area contributed by atoms with Gasteiger partial charge in [-0.05, 0) is 60.7 Å². The van der Waals surface area contributed by atoms with Crippen molar-refractivity contribution in [2.75, 3.05) is 0 Å². The first kappa shape index (κ1) is 9.04. The van der Waals surface area contributed by atoms with Crippen LogP contribution in [-0.4, -0.2) is 6.04 Å². The van der Waals surface area contributed by atoms with Crippen LogP contribution in [0.5, 0.6) is 0 Å². The number of fused-ring (bicyclic) bond motifs is 6. The third-order valence-electron chi connectivity index (χ3n) is 6.22. The summed E-state index contributed by atoms with van der Waals surface area (Å²) < 4.78 is 0. The minimum atomic E-state index is 0.602. The highest BCUT2D eigenvalue weighted by Crippen LogP contribution is 2.74. The Morgan fingerprint density at radius 3 is 2.40 bits per heavy atom. The Labute approximate surface area is 92.8 Å². The summed E-state index contributed by atoms with van der Waals surface area (Å²) >= 11 is 0. The highest BCUT2D eigenvalue weighted by molar-refractivity contribution is 5.21. The highest BCUT2D eigenvalue weighted by Gasteiger charge is 2.71. The number of nitrogens with two attached hydrogens (primary N) is 1. The molecule has 84 valence electrons. The SMILES string of the molecule is CCCC1CC2C(N)C3C4CC4C3C2C1. The molecule has 0 saturated heterocycles. The fourth-order valence-corrected chi connectivity index (χ4v) is 5.72. The molecule has 15 heavy (non-hydrogen) atoms. The Hall–Kier alpha value is -0.0400. The molecule has 4 aliphatic rings. The van der Waals surface area contributed by atoms with E-state index in [1.807, 2.05) is 0 Å². The minimum absolute atomic E-state index is 0.602. The van der Waals surface area contributed by atoms with Crippen LogP contribution < -0.4 is 5.73 Å². The normalized spacial score (nSPS) is 64.4. The summed E-state index contributed by atoms with van der Waals surface area (Å²) in [5, 5.41) is 0. The van der Waals surface area contributed by atoms with Crippen LogP contribution in [0.2, 0.25) is 0 Å². The van der Waals surface area contributed by atoms with Crippen molar-refractivity contribution in [3.05, 3.63) is 0 Å². The summed E-state index contributed by atoms with van der Waals surface area (Å²) in [5.74, 6) is 7.35. The van der Waals surface area contributed by atoms with Crippen LogP contribution in [0.15, 0.2) is 0 Å². The molecule has 2 N–H and O–H groups in total. The van der Waals surface area contributed by atoms with Crippen molar-refractivity contribution in [1.29, 1.82) is 0 Å². The predicted molar refractivity (Wildman–Crippen MR) is 61.2 cm³/mol. The van der Waals surface area contributed by atoms with E-state index >= 15 is 0 Å². The van der Waals surface area contributed by atoms with E-state index in [4.69, 9.17) is 5.73 Å². The summed E-state index contributed by atoms with van der Waals surface area (Å²) in [7, 11) is 0. The largest absolute Gasteiger partial charge is 0.327 e. The van der Waals surface area contributed by atoms with Crippen molar-refractivity contribution in [3.63, 3.8) is 0 Å². The van der Waals surface area contributed by atoms with Crippen LogP contribution in [-0.2, 0) is 0 Å². The van der Waals surface area contributed by atoms with E-state index in [1.165, 1.54) is 25.7 Å². The minimum Gasteiger partial charge on any atom is -0.327 e. The van der Waals surface area contributed by atoms with Gasteiger partial charge in [0, 0.05) is 6.04 Å². The van der Waals surface area contributed by atoms with E-state index in [0.29, 0.717) is 6.04 Å². The molecule has 0 aromatic rings. The molecule has 1 heteroatoms. The van der Waals surface area contributed by atoms with Gasteiger partial charge in [0.05, 0.1) is 0 Å². The second kappa shape index (κ2) is 2.80. The van der Waals surface area contributed by atoms with Crippen molar-refractivity contribution < 1.29 is 0 Å². The van der Waals surface area contributed by atoms with Gasteiger partial charge >= 0.3 is 0 Å². The molecular weight excluding hydrogens is 182 g/mol. The van der Waals surface area contributed by atoms with Gasteiger partial charge in [0.15, 0.2) is 0 Å². The van der Waals surface area contributed by atoms with E-state index in [9.17, 15) is 0 Å². The fraction of sp³-hybridized carbons (Fsp3) is 1.00. The maximum Gasteiger partial charge on any atom is 0.0104 e. The molecule has 1 nitrogen and oxygen atoms in total. The average molecular weight is 205 g/mol. The zero-order chi connectivity index (χ0) is 10.2. The second-order valence-corrected chi connectivity index (χ2v) is 6.75. The topological polar surface area (TPSA) is 26.0 Å². The summed E-state index contributed by atoms with van der Waals surface area (Å²) in [6.07, 6.45) is 7.40. The zero-order valence-corrected chi connectivity index (χ0v) is 9.73. The molecule has 0 spiro atoms. The molecule has 0 heterocycles. The maximum absolute atomic E-state index is 6.48. The lowest BCUT2D eigenvalue weighted by Crippen LogP contribution is -2.39. The fourth-order valence-electron chi connectivity index (χ4n) is 5.72. The quantitative estimate of drug-likeness (QED) is 0.737. The Kier molecular flexibility index (Phi) is 1.68. The Balaban J connectivity index is 1.54. The molecule has 0 aromatic heterocycles. The molecule has 0 aromatic carbocycles. The van der Waals surface area contributed by atoms with Gasteiger partial charge in [-0.15, -0.1) is 0 Å². The maximum atomic E-state index is 6.48. The average Bonchev–Trinajstić information content (AvgIpc) is 2.64. The van der Waals surface area contributed by atoms with Crippen molar-refractivity contribution in [2.24, 2.45) is 47.2 Å².